The second kappa shape index (κ2) is 4.57. The summed E-state index contributed by atoms with van der Waals surface area (Å²) in [5.41, 5.74) is 5.97. The summed E-state index contributed by atoms with van der Waals surface area (Å²) in [4.78, 5) is 2.50. The Kier molecular flexibility index (Phi) is 3.38. The van der Waals surface area contributed by atoms with Crippen LogP contribution in [-0.2, 0) is 9.47 Å². The highest BCUT2D eigenvalue weighted by molar-refractivity contribution is 4.88. The predicted octanol–water partition coefficient (Wildman–Crippen LogP) is -0.177. The van der Waals surface area contributed by atoms with E-state index in [0.29, 0.717) is 12.6 Å². The molecule has 4 heteroatoms. The molecule has 0 aliphatic carbocycles. The van der Waals surface area contributed by atoms with Crippen molar-refractivity contribution in [2.24, 2.45) is 5.73 Å². The van der Waals surface area contributed by atoms with Crippen molar-refractivity contribution in [3.63, 3.8) is 0 Å². The van der Waals surface area contributed by atoms with Gasteiger partial charge in [0, 0.05) is 19.7 Å². The maximum Gasteiger partial charge on any atom is 0.0875 e. The van der Waals surface area contributed by atoms with Gasteiger partial charge >= 0.3 is 0 Å². The SMILES string of the molecule is COCC(N)C1CN2CCCC2CO1. The molecular weight excluding hydrogens is 180 g/mol. The van der Waals surface area contributed by atoms with Crippen LogP contribution in [0, 0.1) is 0 Å². The first-order valence-electron chi connectivity index (χ1n) is 5.41. The normalized spacial score (nSPS) is 35.6. The van der Waals surface area contributed by atoms with Gasteiger partial charge in [0.2, 0.25) is 0 Å². The van der Waals surface area contributed by atoms with Crippen molar-refractivity contribution in [3.05, 3.63) is 0 Å². The zero-order valence-electron chi connectivity index (χ0n) is 8.82. The Labute approximate surface area is 85.3 Å². The summed E-state index contributed by atoms with van der Waals surface area (Å²) < 4.78 is 10.8. The van der Waals surface area contributed by atoms with Gasteiger partial charge in [-0.05, 0) is 19.4 Å². The van der Waals surface area contributed by atoms with E-state index in [4.69, 9.17) is 15.2 Å². The van der Waals surface area contributed by atoms with Gasteiger partial charge in [0.05, 0.1) is 25.4 Å². The third kappa shape index (κ3) is 2.08. The minimum absolute atomic E-state index is 0.0153. The third-order valence-electron chi connectivity index (χ3n) is 3.25. The molecule has 2 heterocycles. The van der Waals surface area contributed by atoms with Crippen LogP contribution in [0.5, 0.6) is 0 Å². The van der Waals surface area contributed by atoms with Crippen molar-refractivity contribution in [1.29, 1.82) is 0 Å². The minimum atomic E-state index is 0.0153. The van der Waals surface area contributed by atoms with E-state index >= 15 is 0 Å². The van der Waals surface area contributed by atoms with Crippen LogP contribution in [0.3, 0.4) is 0 Å². The van der Waals surface area contributed by atoms with E-state index in [1.165, 1.54) is 19.4 Å². The Hall–Kier alpha value is -0.160. The van der Waals surface area contributed by atoms with Crippen LogP contribution in [0.25, 0.3) is 0 Å². The first-order valence-corrected chi connectivity index (χ1v) is 5.41. The minimum Gasteiger partial charge on any atom is -0.383 e. The molecule has 0 aromatic heterocycles. The molecule has 0 aromatic carbocycles. The molecule has 2 aliphatic heterocycles. The van der Waals surface area contributed by atoms with Gasteiger partial charge in [-0.2, -0.15) is 0 Å². The van der Waals surface area contributed by atoms with Gasteiger partial charge in [0.25, 0.3) is 0 Å². The topological polar surface area (TPSA) is 47.7 Å². The van der Waals surface area contributed by atoms with Crippen LogP contribution in [0.2, 0.25) is 0 Å². The smallest absolute Gasteiger partial charge is 0.0875 e. The van der Waals surface area contributed by atoms with E-state index in [1.807, 2.05) is 0 Å². The first kappa shape index (κ1) is 10.4. The number of morpholine rings is 1. The fraction of sp³-hybridized carbons (Fsp3) is 1.00. The Morgan fingerprint density at radius 3 is 3.29 bits per heavy atom. The van der Waals surface area contributed by atoms with Gasteiger partial charge in [-0.1, -0.05) is 0 Å². The lowest BCUT2D eigenvalue weighted by molar-refractivity contribution is -0.0677. The summed E-state index contributed by atoms with van der Waals surface area (Å²) in [5.74, 6) is 0. The Balaban J connectivity index is 1.84. The summed E-state index contributed by atoms with van der Waals surface area (Å²) >= 11 is 0. The molecule has 3 unspecified atom stereocenters. The molecule has 0 aromatic rings. The molecule has 2 N–H and O–H groups in total. The number of rotatable bonds is 3. The van der Waals surface area contributed by atoms with E-state index in [1.54, 1.807) is 7.11 Å². The lowest BCUT2D eigenvalue weighted by Crippen LogP contribution is -2.54. The maximum atomic E-state index is 5.97. The number of hydrogen-bond acceptors (Lipinski definition) is 4. The lowest BCUT2D eigenvalue weighted by Gasteiger charge is -2.37. The van der Waals surface area contributed by atoms with Crippen LogP contribution in [0.1, 0.15) is 12.8 Å². The Bertz CT molecular complexity index is 189. The second-order valence-electron chi connectivity index (χ2n) is 4.28. The van der Waals surface area contributed by atoms with E-state index < -0.39 is 0 Å². The average molecular weight is 200 g/mol. The van der Waals surface area contributed by atoms with Crippen molar-refractivity contribution in [1.82, 2.24) is 4.90 Å². The molecule has 82 valence electrons. The summed E-state index contributed by atoms with van der Waals surface area (Å²) in [5, 5.41) is 0. The highest BCUT2D eigenvalue weighted by atomic mass is 16.5. The number of hydrogen-bond donors (Lipinski definition) is 1. The summed E-state index contributed by atoms with van der Waals surface area (Å²) in [6.07, 6.45) is 2.75. The monoisotopic (exact) mass is 200 g/mol. The number of fused-ring (bicyclic) bond motifs is 1. The molecule has 2 rings (SSSR count). The van der Waals surface area contributed by atoms with Gasteiger partial charge in [-0.15, -0.1) is 0 Å². The van der Waals surface area contributed by atoms with Crippen molar-refractivity contribution in [3.8, 4) is 0 Å². The van der Waals surface area contributed by atoms with E-state index in [0.717, 1.165) is 13.2 Å². The highest BCUT2D eigenvalue weighted by Gasteiger charge is 2.34. The summed E-state index contributed by atoms with van der Waals surface area (Å²) in [6.45, 7) is 3.63. The molecule has 0 saturated carbocycles. The largest absolute Gasteiger partial charge is 0.383 e. The van der Waals surface area contributed by atoms with E-state index in [2.05, 4.69) is 4.90 Å². The second-order valence-corrected chi connectivity index (χ2v) is 4.28. The molecule has 3 atom stereocenters. The van der Waals surface area contributed by atoms with Crippen molar-refractivity contribution in [2.45, 2.75) is 31.0 Å². The molecule has 2 saturated heterocycles. The molecule has 0 spiro atoms. The van der Waals surface area contributed by atoms with Gasteiger partial charge in [0.15, 0.2) is 0 Å². The van der Waals surface area contributed by atoms with E-state index in [-0.39, 0.29) is 12.1 Å². The molecule has 0 bridgehead atoms. The highest BCUT2D eigenvalue weighted by Crippen LogP contribution is 2.23. The van der Waals surface area contributed by atoms with Crippen LogP contribution < -0.4 is 5.73 Å². The van der Waals surface area contributed by atoms with Crippen molar-refractivity contribution in [2.75, 3.05) is 33.4 Å². The zero-order valence-corrected chi connectivity index (χ0v) is 8.82. The van der Waals surface area contributed by atoms with Gasteiger partial charge < -0.3 is 15.2 Å². The fourth-order valence-corrected chi connectivity index (χ4v) is 2.40. The average Bonchev–Trinajstić information content (AvgIpc) is 2.64. The van der Waals surface area contributed by atoms with Crippen LogP contribution in [-0.4, -0.2) is 56.5 Å². The standard InChI is InChI=1S/C10H20N2O2/c1-13-7-9(11)10-5-12-4-2-3-8(12)6-14-10/h8-10H,2-7,11H2,1H3. The molecule has 0 amide bonds. The summed E-state index contributed by atoms with van der Waals surface area (Å²) in [6, 6.07) is 0.669. The van der Waals surface area contributed by atoms with Crippen LogP contribution in [0.4, 0.5) is 0 Å². The Morgan fingerprint density at radius 1 is 1.64 bits per heavy atom. The number of nitrogens with zero attached hydrogens (tertiary/aromatic N) is 1. The number of ether oxygens (including phenoxy) is 2. The quantitative estimate of drug-likeness (QED) is 0.687. The number of nitrogens with two attached hydrogens (primary N) is 1. The van der Waals surface area contributed by atoms with Crippen LogP contribution >= 0.6 is 0 Å². The molecule has 4 nitrogen and oxygen atoms in total. The molecule has 0 radical (unpaired) electrons. The third-order valence-corrected chi connectivity index (χ3v) is 3.25. The first-order chi connectivity index (χ1) is 6.81. The lowest BCUT2D eigenvalue weighted by atomic mass is 10.1. The van der Waals surface area contributed by atoms with Crippen molar-refractivity contribution >= 4 is 0 Å². The van der Waals surface area contributed by atoms with Gasteiger partial charge in [-0.3, -0.25) is 4.90 Å². The van der Waals surface area contributed by atoms with Crippen molar-refractivity contribution < 1.29 is 9.47 Å². The van der Waals surface area contributed by atoms with Crippen LogP contribution in [0.15, 0.2) is 0 Å². The molecule has 2 fully saturated rings. The molecular formula is C10H20N2O2. The summed E-state index contributed by atoms with van der Waals surface area (Å²) in [7, 11) is 1.68. The number of methoxy groups -OCH3 is 1. The molecule has 14 heavy (non-hydrogen) atoms. The van der Waals surface area contributed by atoms with E-state index in [9.17, 15) is 0 Å². The van der Waals surface area contributed by atoms with Gasteiger partial charge in [0.1, 0.15) is 0 Å². The Morgan fingerprint density at radius 2 is 2.50 bits per heavy atom. The molecule has 2 aliphatic rings. The maximum absolute atomic E-state index is 5.97. The predicted molar refractivity (Wildman–Crippen MR) is 54.2 cm³/mol. The zero-order chi connectivity index (χ0) is 9.97. The van der Waals surface area contributed by atoms with Gasteiger partial charge in [-0.25, -0.2) is 0 Å². The fourth-order valence-electron chi connectivity index (χ4n) is 2.40.